The molecule has 1 atom stereocenters. The Morgan fingerprint density at radius 2 is 2.04 bits per heavy atom. The van der Waals surface area contributed by atoms with Gasteiger partial charge in [-0.05, 0) is 6.07 Å². The predicted octanol–water partition coefficient (Wildman–Crippen LogP) is 4.72. The highest BCUT2D eigenvalue weighted by atomic mass is 79.9. The molecule has 8 heteroatoms. The van der Waals surface area contributed by atoms with Gasteiger partial charge in [-0.1, -0.05) is 34.5 Å². The third-order valence-electron chi connectivity index (χ3n) is 3.60. The van der Waals surface area contributed by atoms with Gasteiger partial charge in [0.15, 0.2) is 17.3 Å². The number of alkyl halides is 1. The fraction of sp³-hybridized carbons (Fsp3) is 0.412. The maximum absolute atomic E-state index is 12.5. The molecule has 0 N–H and O–H groups in total. The summed E-state index contributed by atoms with van der Waals surface area (Å²) in [6.45, 7) is 2.10. The smallest absolute Gasteiger partial charge is 0.308 e. The van der Waals surface area contributed by atoms with Gasteiger partial charge in [0.25, 0.3) is 0 Å². The molecule has 0 saturated carbocycles. The van der Waals surface area contributed by atoms with Crippen molar-refractivity contribution in [3.8, 4) is 11.5 Å². The molecule has 0 unspecified atom stereocenters. The van der Waals surface area contributed by atoms with Crippen LogP contribution in [-0.4, -0.2) is 37.9 Å². The highest BCUT2D eigenvalue weighted by Gasteiger charge is 2.22. The van der Waals surface area contributed by atoms with E-state index in [0.29, 0.717) is 33.3 Å². The zero-order valence-corrected chi connectivity index (χ0v) is 17.2. The first-order valence-electron chi connectivity index (χ1n) is 7.52. The lowest BCUT2D eigenvalue weighted by Crippen LogP contribution is -2.16. The molecule has 0 aliphatic rings. The Labute approximate surface area is 163 Å². The first-order valence-corrected chi connectivity index (χ1v) is 9.84. The van der Waals surface area contributed by atoms with E-state index in [1.807, 2.05) is 0 Å². The minimum atomic E-state index is -0.495. The van der Waals surface area contributed by atoms with Crippen molar-refractivity contribution in [1.82, 2.24) is 0 Å². The first kappa shape index (κ1) is 20.0. The van der Waals surface area contributed by atoms with Crippen molar-refractivity contribution < 1.29 is 23.8 Å². The minimum Gasteiger partial charge on any atom is -0.493 e. The summed E-state index contributed by atoms with van der Waals surface area (Å²) in [6.07, 6.45) is 0.0845. The Hall–Kier alpha value is -1.31. The molecule has 5 nitrogen and oxygen atoms in total. The van der Waals surface area contributed by atoms with Crippen molar-refractivity contribution in [2.24, 2.45) is 5.92 Å². The second-order valence-corrected chi connectivity index (χ2v) is 7.59. The molecule has 1 aromatic carbocycles. The van der Waals surface area contributed by atoms with E-state index in [2.05, 4.69) is 20.7 Å². The number of carbonyl (C=O) groups excluding carboxylic acids is 2. The van der Waals surface area contributed by atoms with E-state index >= 15 is 0 Å². The number of thiophene rings is 1. The number of esters is 1. The van der Waals surface area contributed by atoms with Gasteiger partial charge in [0, 0.05) is 27.9 Å². The van der Waals surface area contributed by atoms with Crippen molar-refractivity contribution >= 4 is 60.7 Å². The number of hydrogen-bond acceptors (Lipinski definition) is 6. The lowest BCUT2D eigenvalue weighted by molar-refractivity contribution is -0.144. The maximum Gasteiger partial charge on any atom is 0.308 e. The van der Waals surface area contributed by atoms with E-state index in [-0.39, 0.29) is 12.2 Å². The molecule has 0 aliphatic carbocycles. The fourth-order valence-corrected chi connectivity index (χ4v) is 3.90. The largest absolute Gasteiger partial charge is 0.493 e. The van der Waals surface area contributed by atoms with Crippen LogP contribution in [0.4, 0.5) is 0 Å². The molecule has 136 valence electrons. The SMILES string of the molecule is COC(=O)[C@@H](C)CC(=O)c1cc2c(Cl)c(OCCBr)c(OC)cc2s1. The van der Waals surface area contributed by atoms with Gasteiger partial charge in [-0.2, -0.15) is 0 Å². The molecule has 0 spiro atoms. The summed E-state index contributed by atoms with van der Waals surface area (Å²) in [4.78, 5) is 24.5. The number of ketones is 1. The number of methoxy groups -OCH3 is 2. The quantitative estimate of drug-likeness (QED) is 0.331. The zero-order chi connectivity index (χ0) is 18.6. The summed E-state index contributed by atoms with van der Waals surface area (Å²) in [5.41, 5.74) is 0. The average molecular weight is 450 g/mol. The van der Waals surface area contributed by atoms with Gasteiger partial charge in [-0.25, -0.2) is 0 Å². The molecule has 1 aromatic heterocycles. The standard InChI is InChI=1S/C17H18BrClO5S/c1-9(17(21)23-3)6-11(20)14-7-10-13(25-14)8-12(22-2)16(15(10)19)24-5-4-18/h7-9H,4-6H2,1-3H3/t9-/m0/s1. The summed E-state index contributed by atoms with van der Waals surface area (Å²) in [6, 6.07) is 3.53. The number of halogens is 2. The van der Waals surface area contributed by atoms with E-state index in [9.17, 15) is 9.59 Å². The Morgan fingerprint density at radius 3 is 2.64 bits per heavy atom. The summed E-state index contributed by atoms with van der Waals surface area (Å²) in [5.74, 6) is -0.0553. The molecule has 0 bridgehead atoms. The van der Waals surface area contributed by atoms with Crippen LogP contribution in [-0.2, 0) is 9.53 Å². The monoisotopic (exact) mass is 448 g/mol. The van der Waals surface area contributed by atoms with Crippen LogP contribution in [0.25, 0.3) is 10.1 Å². The summed E-state index contributed by atoms with van der Waals surface area (Å²) in [5, 5.41) is 1.79. The Balaban J connectivity index is 2.37. The second kappa shape index (κ2) is 8.87. The van der Waals surface area contributed by atoms with Crippen LogP contribution in [0.2, 0.25) is 5.02 Å². The average Bonchev–Trinajstić information content (AvgIpc) is 3.04. The molecule has 25 heavy (non-hydrogen) atoms. The number of ether oxygens (including phenoxy) is 3. The van der Waals surface area contributed by atoms with Gasteiger partial charge in [0.2, 0.25) is 0 Å². The van der Waals surface area contributed by atoms with E-state index < -0.39 is 11.9 Å². The van der Waals surface area contributed by atoms with E-state index in [4.69, 9.17) is 21.1 Å². The van der Waals surface area contributed by atoms with E-state index in [1.165, 1.54) is 25.6 Å². The van der Waals surface area contributed by atoms with Crippen LogP contribution >= 0.6 is 38.9 Å². The molecule has 0 aliphatic heterocycles. The van der Waals surface area contributed by atoms with Gasteiger partial charge in [0.1, 0.15) is 0 Å². The van der Waals surface area contributed by atoms with Gasteiger partial charge in [0.05, 0.1) is 36.6 Å². The maximum atomic E-state index is 12.5. The number of carbonyl (C=O) groups is 2. The Bertz CT molecular complexity index is 789. The lowest BCUT2D eigenvalue weighted by atomic mass is 10.0. The van der Waals surface area contributed by atoms with E-state index in [0.717, 1.165) is 10.1 Å². The van der Waals surface area contributed by atoms with Gasteiger partial charge >= 0.3 is 5.97 Å². The third-order valence-corrected chi connectivity index (χ3v) is 5.42. The van der Waals surface area contributed by atoms with Crippen molar-refractivity contribution in [1.29, 1.82) is 0 Å². The zero-order valence-electron chi connectivity index (χ0n) is 14.1. The summed E-state index contributed by atoms with van der Waals surface area (Å²) in [7, 11) is 2.85. The molecular weight excluding hydrogens is 432 g/mol. The molecule has 0 amide bonds. The highest BCUT2D eigenvalue weighted by molar-refractivity contribution is 9.09. The van der Waals surface area contributed by atoms with Gasteiger partial charge < -0.3 is 14.2 Å². The Kier molecular flexibility index (Phi) is 7.10. The molecule has 1 heterocycles. The van der Waals surface area contributed by atoms with Crippen LogP contribution in [0.15, 0.2) is 12.1 Å². The number of rotatable bonds is 8. The van der Waals surface area contributed by atoms with E-state index in [1.54, 1.807) is 19.1 Å². The van der Waals surface area contributed by atoms with Crippen molar-refractivity contribution in [3.63, 3.8) is 0 Å². The van der Waals surface area contributed by atoms with Gasteiger partial charge in [-0.3, -0.25) is 9.59 Å². The van der Waals surface area contributed by atoms with Crippen LogP contribution in [0.1, 0.15) is 23.0 Å². The first-order chi connectivity index (χ1) is 11.9. The fourth-order valence-electron chi connectivity index (χ4n) is 2.33. The number of benzene rings is 1. The van der Waals surface area contributed by atoms with Crippen molar-refractivity contribution in [2.45, 2.75) is 13.3 Å². The van der Waals surface area contributed by atoms with Crippen LogP contribution in [0.5, 0.6) is 11.5 Å². The van der Waals surface area contributed by atoms with Gasteiger partial charge in [-0.15, -0.1) is 11.3 Å². The molecule has 0 radical (unpaired) electrons. The Morgan fingerprint density at radius 1 is 1.32 bits per heavy atom. The van der Waals surface area contributed by atoms with Crippen molar-refractivity contribution in [2.75, 3.05) is 26.2 Å². The molecular formula is C17H18BrClO5S. The predicted molar refractivity (Wildman–Crippen MR) is 103 cm³/mol. The summed E-state index contributed by atoms with van der Waals surface area (Å²) < 4.78 is 16.5. The summed E-state index contributed by atoms with van der Waals surface area (Å²) >= 11 is 11.1. The highest BCUT2D eigenvalue weighted by Crippen LogP contribution is 2.44. The van der Waals surface area contributed by atoms with Crippen LogP contribution in [0, 0.1) is 5.92 Å². The van der Waals surface area contributed by atoms with Crippen LogP contribution < -0.4 is 9.47 Å². The number of hydrogen-bond donors (Lipinski definition) is 0. The van der Waals surface area contributed by atoms with Crippen molar-refractivity contribution in [3.05, 3.63) is 22.0 Å². The second-order valence-electron chi connectivity index (χ2n) is 5.33. The molecule has 2 rings (SSSR count). The minimum absolute atomic E-state index is 0.0845. The lowest BCUT2D eigenvalue weighted by Gasteiger charge is -2.12. The molecule has 0 fully saturated rings. The number of Topliss-reactive ketones (excluding diaryl/α,β-unsaturated/α-hetero) is 1. The van der Waals surface area contributed by atoms with Crippen LogP contribution in [0.3, 0.4) is 0 Å². The topological polar surface area (TPSA) is 61.8 Å². The molecule has 2 aromatic rings. The number of fused-ring (bicyclic) bond motifs is 1. The molecule has 0 saturated heterocycles. The normalized spacial score (nSPS) is 12.0. The third kappa shape index (κ3) is 4.46.